The van der Waals surface area contributed by atoms with Gasteiger partial charge in [-0.05, 0) is 34.1 Å². The number of aliphatic imine (C=N–C) groups is 1. The van der Waals surface area contributed by atoms with Gasteiger partial charge in [-0.3, -0.25) is 9.89 Å². The number of alkyl halides is 3. The topological polar surface area (TPSA) is 56.9 Å². The Morgan fingerprint density at radius 1 is 1.26 bits per heavy atom. The summed E-state index contributed by atoms with van der Waals surface area (Å²) in [7, 11) is 0. The highest BCUT2D eigenvalue weighted by Crippen LogP contribution is 2.25. The molecular formula is C17H29F3IN5O. The Labute approximate surface area is 175 Å². The molecule has 1 unspecified atom stereocenters. The molecule has 1 aromatic rings. The molecule has 1 fully saturated rings. The molecule has 0 radical (unpaired) electrons. The second-order valence-corrected chi connectivity index (χ2v) is 6.53. The van der Waals surface area contributed by atoms with Crippen LogP contribution in [-0.4, -0.2) is 72.4 Å². The fourth-order valence-electron chi connectivity index (χ4n) is 3.09. The maximum Gasteiger partial charge on any atom is 0.403 e. The Hall–Kier alpha value is -1.04. The van der Waals surface area contributed by atoms with Gasteiger partial charge < -0.3 is 14.7 Å². The summed E-state index contributed by atoms with van der Waals surface area (Å²) in [6.45, 7) is 10.1. The molecule has 156 valence electrons. The molecule has 0 spiro atoms. The third-order valence-corrected chi connectivity index (χ3v) is 4.77. The maximum atomic E-state index is 12.9. The third kappa shape index (κ3) is 6.51. The molecule has 0 aliphatic carbocycles. The Morgan fingerprint density at radius 2 is 1.89 bits per heavy atom. The van der Waals surface area contributed by atoms with Gasteiger partial charge in [-0.15, -0.1) is 24.0 Å². The van der Waals surface area contributed by atoms with Gasteiger partial charge in [-0.25, -0.2) is 0 Å². The number of nitrogens with one attached hydrogen (secondary N) is 1. The zero-order chi connectivity index (χ0) is 19.3. The Kier molecular flexibility index (Phi) is 9.32. The van der Waals surface area contributed by atoms with E-state index in [1.165, 1.54) is 11.8 Å². The van der Waals surface area contributed by atoms with Crippen LogP contribution in [0.1, 0.15) is 30.9 Å². The van der Waals surface area contributed by atoms with Crippen LogP contribution in [0.3, 0.4) is 0 Å². The highest BCUT2D eigenvalue weighted by Gasteiger charge is 2.41. The predicted octanol–water partition coefficient (Wildman–Crippen LogP) is 2.99. The van der Waals surface area contributed by atoms with Gasteiger partial charge in [0.25, 0.3) is 0 Å². The molecule has 0 bridgehead atoms. The van der Waals surface area contributed by atoms with E-state index in [0.29, 0.717) is 39.3 Å². The number of guanidine groups is 1. The number of hydrogen-bond acceptors (Lipinski definition) is 4. The smallest absolute Gasteiger partial charge is 0.361 e. The zero-order valence-corrected chi connectivity index (χ0v) is 18.6. The van der Waals surface area contributed by atoms with Crippen LogP contribution in [0.2, 0.25) is 0 Å². The normalized spacial score (nSPS) is 17.6. The van der Waals surface area contributed by atoms with E-state index in [1.807, 2.05) is 25.7 Å². The van der Waals surface area contributed by atoms with Gasteiger partial charge in [0.15, 0.2) is 5.96 Å². The average molecular weight is 503 g/mol. The van der Waals surface area contributed by atoms with E-state index in [-0.39, 0.29) is 24.0 Å². The lowest BCUT2D eigenvalue weighted by molar-refractivity contribution is -0.181. The first-order chi connectivity index (χ1) is 12.2. The van der Waals surface area contributed by atoms with E-state index in [2.05, 4.69) is 15.5 Å². The SMILES string of the molecule is CCNC(=NCCc1c(C)noc1C)N1CCN(C(C)C(F)(F)F)CC1.I. The highest BCUT2D eigenvalue weighted by molar-refractivity contribution is 14.0. The number of aryl methyl sites for hydroxylation is 2. The minimum atomic E-state index is -4.19. The number of piperazine rings is 1. The molecule has 2 rings (SSSR count). The second kappa shape index (κ2) is 10.5. The molecule has 0 aromatic carbocycles. The number of halogens is 4. The fraction of sp³-hybridized carbons (Fsp3) is 0.765. The molecule has 2 heterocycles. The molecule has 6 nitrogen and oxygen atoms in total. The van der Waals surface area contributed by atoms with Gasteiger partial charge in [0.05, 0.1) is 5.69 Å². The fourth-order valence-corrected chi connectivity index (χ4v) is 3.09. The van der Waals surface area contributed by atoms with Crippen molar-refractivity contribution in [2.75, 3.05) is 39.3 Å². The van der Waals surface area contributed by atoms with Crippen LogP contribution in [0.15, 0.2) is 9.52 Å². The summed E-state index contributed by atoms with van der Waals surface area (Å²) in [6.07, 6.45) is -3.46. The molecule has 1 atom stereocenters. The molecule has 1 aliphatic heterocycles. The summed E-state index contributed by atoms with van der Waals surface area (Å²) in [5, 5.41) is 7.17. The van der Waals surface area contributed by atoms with Crippen LogP contribution in [-0.2, 0) is 6.42 Å². The van der Waals surface area contributed by atoms with Crippen molar-refractivity contribution in [1.29, 1.82) is 0 Å². The second-order valence-electron chi connectivity index (χ2n) is 6.53. The first-order valence-corrected chi connectivity index (χ1v) is 8.99. The first-order valence-electron chi connectivity index (χ1n) is 8.99. The van der Waals surface area contributed by atoms with Crippen molar-refractivity contribution < 1.29 is 17.7 Å². The van der Waals surface area contributed by atoms with Gasteiger partial charge in [0.2, 0.25) is 0 Å². The molecular weight excluding hydrogens is 474 g/mol. The van der Waals surface area contributed by atoms with Gasteiger partial charge in [-0.2, -0.15) is 13.2 Å². The van der Waals surface area contributed by atoms with Gasteiger partial charge in [0.1, 0.15) is 11.8 Å². The molecule has 1 aromatic heterocycles. The molecule has 1 saturated heterocycles. The van der Waals surface area contributed by atoms with Crippen molar-refractivity contribution in [2.24, 2.45) is 4.99 Å². The zero-order valence-electron chi connectivity index (χ0n) is 16.3. The lowest BCUT2D eigenvalue weighted by Gasteiger charge is -2.39. The number of aromatic nitrogens is 1. The summed E-state index contributed by atoms with van der Waals surface area (Å²) < 4.78 is 43.8. The Morgan fingerprint density at radius 3 is 2.37 bits per heavy atom. The summed E-state index contributed by atoms with van der Waals surface area (Å²) in [4.78, 5) is 8.13. The van der Waals surface area contributed by atoms with Crippen LogP contribution in [0, 0.1) is 13.8 Å². The van der Waals surface area contributed by atoms with Crippen LogP contribution in [0.5, 0.6) is 0 Å². The van der Waals surface area contributed by atoms with Crippen LogP contribution in [0.25, 0.3) is 0 Å². The molecule has 1 N–H and O–H groups in total. The number of nitrogens with zero attached hydrogens (tertiary/aromatic N) is 4. The summed E-state index contributed by atoms with van der Waals surface area (Å²) in [6, 6.07) is -1.41. The Bertz CT molecular complexity index is 593. The molecule has 0 saturated carbocycles. The van der Waals surface area contributed by atoms with E-state index >= 15 is 0 Å². The van der Waals surface area contributed by atoms with E-state index in [4.69, 9.17) is 4.52 Å². The van der Waals surface area contributed by atoms with Gasteiger partial charge in [-0.1, -0.05) is 5.16 Å². The lowest BCUT2D eigenvalue weighted by Crippen LogP contribution is -2.56. The monoisotopic (exact) mass is 503 g/mol. The lowest BCUT2D eigenvalue weighted by atomic mass is 10.1. The van der Waals surface area contributed by atoms with Crippen molar-refractivity contribution in [3.63, 3.8) is 0 Å². The van der Waals surface area contributed by atoms with Gasteiger partial charge in [0, 0.05) is 44.8 Å². The molecule has 0 amide bonds. The number of hydrogen-bond donors (Lipinski definition) is 1. The first kappa shape index (κ1) is 24.0. The van der Waals surface area contributed by atoms with E-state index in [0.717, 1.165) is 29.4 Å². The quantitative estimate of drug-likeness (QED) is 0.381. The standard InChI is InChI=1S/C17H28F3N5O.HI/c1-5-21-16(22-7-6-15-12(2)23-26-13(15)3)25-10-8-24(9-11-25)14(4)17(18,19)20;/h14H,5-11H2,1-4H3,(H,21,22);1H. The van der Waals surface area contributed by atoms with E-state index in [1.54, 1.807) is 0 Å². The van der Waals surface area contributed by atoms with Crippen molar-refractivity contribution in [3.8, 4) is 0 Å². The summed E-state index contributed by atoms with van der Waals surface area (Å²) >= 11 is 0. The maximum absolute atomic E-state index is 12.9. The predicted molar refractivity (Wildman–Crippen MR) is 110 cm³/mol. The molecule has 10 heteroatoms. The van der Waals surface area contributed by atoms with Crippen LogP contribution >= 0.6 is 24.0 Å². The highest BCUT2D eigenvalue weighted by atomic mass is 127. The van der Waals surface area contributed by atoms with Crippen LogP contribution in [0.4, 0.5) is 13.2 Å². The minimum Gasteiger partial charge on any atom is -0.361 e. The van der Waals surface area contributed by atoms with E-state index < -0.39 is 12.2 Å². The summed E-state index contributed by atoms with van der Waals surface area (Å²) in [5.41, 5.74) is 1.94. The molecule has 1 aliphatic rings. The van der Waals surface area contributed by atoms with Crippen molar-refractivity contribution in [2.45, 2.75) is 46.3 Å². The van der Waals surface area contributed by atoms with Crippen LogP contribution < -0.4 is 5.32 Å². The van der Waals surface area contributed by atoms with Gasteiger partial charge >= 0.3 is 6.18 Å². The molecule has 27 heavy (non-hydrogen) atoms. The van der Waals surface area contributed by atoms with Crippen molar-refractivity contribution in [1.82, 2.24) is 20.3 Å². The largest absolute Gasteiger partial charge is 0.403 e. The summed E-state index contributed by atoms with van der Waals surface area (Å²) in [5.74, 6) is 1.55. The number of rotatable bonds is 5. The average Bonchev–Trinajstić information content (AvgIpc) is 2.91. The Balaban J connectivity index is 0.00000364. The third-order valence-electron chi connectivity index (χ3n) is 4.77. The van der Waals surface area contributed by atoms with Crippen molar-refractivity contribution >= 4 is 29.9 Å². The van der Waals surface area contributed by atoms with E-state index in [9.17, 15) is 13.2 Å². The minimum absolute atomic E-state index is 0. The van der Waals surface area contributed by atoms with Crippen molar-refractivity contribution in [3.05, 3.63) is 17.0 Å².